The van der Waals surface area contributed by atoms with Gasteiger partial charge in [0.2, 0.25) is 6.79 Å². The number of nitrogens with zero attached hydrogens (tertiary/aromatic N) is 1. The lowest BCUT2D eigenvalue weighted by Gasteiger charge is -2.35. The van der Waals surface area contributed by atoms with E-state index >= 15 is 0 Å². The Kier molecular flexibility index (Phi) is 1.66. The summed E-state index contributed by atoms with van der Waals surface area (Å²) >= 11 is 0. The molecule has 76 valence electrons. The quantitative estimate of drug-likeness (QED) is 0.700. The molecule has 0 N–H and O–H groups in total. The van der Waals surface area contributed by atoms with Gasteiger partial charge in [-0.1, -0.05) is 12.1 Å². The van der Waals surface area contributed by atoms with Crippen molar-refractivity contribution in [2.24, 2.45) is 0 Å². The first kappa shape index (κ1) is 8.60. The Morgan fingerprint density at radius 2 is 2.13 bits per heavy atom. The van der Waals surface area contributed by atoms with Gasteiger partial charge in [-0.05, 0) is 25.3 Å². The Morgan fingerprint density at radius 3 is 2.80 bits per heavy atom. The summed E-state index contributed by atoms with van der Waals surface area (Å²) in [7, 11) is 0. The van der Waals surface area contributed by atoms with Crippen LogP contribution in [0.25, 0.3) is 0 Å². The molecule has 1 aromatic rings. The van der Waals surface area contributed by atoms with Crippen molar-refractivity contribution in [1.82, 2.24) is 0 Å². The molecule has 3 rings (SSSR count). The molecule has 0 radical (unpaired) electrons. The Labute approximate surface area is 88.2 Å². The minimum atomic E-state index is -0.320. The topological polar surface area (TPSA) is 42.2 Å². The zero-order valence-electron chi connectivity index (χ0n) is 8.32. The number of fused-ring (bicyclic) bond motifs is 1. The van der Waals surface area contributed by atoms with E-state index in [9.17, 15) is 5.26 Å². The van der Waals surface area contributed by atoms with E-state index in [0.717, 1.165) is 36.3 Å². The van der Waals surface area contributed by atoms with E-state index in [1.807, 2.05) is 18.2 Å². The van der Waals surface area contributed by atoms with Gasteiger partial charge in [0.05, 0.1) is 11.5 Å². The Morgan fingerprint density at radius 1 is 1.27 bits per heavy atom. The van der Waals surface area contributed by atoms with Crippen LogP contribution in [0.5, 0.6) is 11.5 Å². The number of hydrogen-bond donors (Lipinski definition) is 0. The SMILES string of the molecule is N#CC1(c2cccc3c2OCO3)CCC1. The second-order valence-electron chi connectivity index (χ2n) is 4.09. The highest BCUT2D eigenvalue weighted by atomic mass is 16.7. The number of benzene rings is 1. The van der Waals surface area contributed by atoms with Crippen molar-refractivity contribution in [3.8, 4) is 17.6 Å². The highest BCUT2D eigenvalue weighted by molar-refractivity contribution is 5.54. The molecule has 0 saturated heterocycles. The number of rotatable bonds is 1. The van der Waals surface area contributed by atoms with Crippen molar-refractivity contribution >= 4 is 0 Å². The molecule has 1 aliphatic heterocycles. The molecule has 0 aromatic heterocycles. The van der Waals surface area contributed by atoms with E-state index in [1.165, 1.54) is 0 Å². The van der Waals surface area contributed by atoms with Crippen LogP contribution in [0.3, 0.4) is 0 Å². The molecular formula is C12H11NO2. The minimum Gasteiger partial charge on any atom is -0.454 e. The summed E-state index contributed by atoms with van der Waals surface area (Å²) in [5.74, 6) is 1.55. The van der Waals surface area contributed by atoms with Crippen molar-refractivity contribution in [2.75, 3.05) is 6.79 Å². The Hall–Kier alpha value is -1.69. The highest BCUT2D eigenvalue weighted by Gasteiger charge is 2.42. The van der Waals surface area contributed by atoms with Gasteiger partial charge < -0.3 is 9.47 Å². The van der Waals surface area contributed by atoms with Gasteiger partial charge in [-0.2, -0.15) is 5.26 Å². The predicted molar refractivity (Wildman–Crippen MR) is 53.7 cm³/mol. The lowest BCUT2D eigenvalue weighted by atomic mass is 9.65. The second kappa shape index (κ2) is 2.90. The van der Waals surface area contributed by atoms with E-state index in [-0.39, 0.29) is 12.2 Å². The number of ether oxygens (including phenoxy) is 2. The summed E-state index contributed by atoms with van der Waals surface area (Å²) in [6.07, 6.45) is 2.99. The summed E-state index contributed by atoms with van der Waals surface area (Å²) in [6, 6.07) is 8.22. The van der Waals surface area contributed by atoms with Crippen molar-refractivity contribution in [3.05, 3.63) is 23.8 Å². The molecule has 1 saturated carbocycles. The van der Waals surface area contributed by atoms with E-state index in [4.69, 9.17) is 9.47 Å². The molecule has 3 nitrogen and oxygen atoms in total. The van der Waals surface area contributed by atoms with Crippen LogP contribution >= 0.6 is 0 Å². The first-order chi connectivity index (χ1) is 7.36. The van der Waals surface area contributed by atoms with Gasteiger partial charge >= 0.3 is 0 Å². The molecule has 3 heteroatoms. The van der Waals surface area contributed by atoms with Crippen LogP contribution < -0.4 is 9.47 Å². The van der Waals surface area contributed by atoms with E-state index < -0.39 is 0 Å². The molecule has 0 amide bonds. The fourth-order valence-corrected chi connectivity index (χ4v) is 2.28. The van der Waals surface area contributed by atoms with Crippen LogP contribution in [0.2, 0.25) is 0 Å². The second-order valence-corrected chi connectivity index (χ2v) is 4.09. The number of nitriles is 1. The zero-order valence-corrected chi connectivity index (χ0v) is 8.32. The summed E-state index contributed by atoms with van der Waals surface area (Å²) in [5.41, 5.74) is 0.685. The zero-order chi connectivity index (χ0) is 10.3. The molecule has 0 bridgehead atoms. The van der Waals surface area contributed by atoms with Crippen LogP contribution in [0.4, 0.5) is 0 Å². The molecular weight excluding hydrogens is 190 g/mol. The number of para-hydroxylation sites is 1. The monoisotopic (exact) mass is 201 g/mol. The Balaban J connectivity index is 2.13. The predicted octanol–water partition coefficient (Wildman–Crippen LogP) is 2.36. The maximum absolute atomic E-state index is 9.27. The van der Waals surface area contributed by atoms with E-state index in [2.05, 4.69) is 6.07 Å². The fourth-order valence-electron chi connectivity index (χ4n) is 2.28. The van der Waals surface area contributed by atoms with Crippen LogP contribution in [0, 0.1) is 11.3 Å². The first-order valence-corrected chi connectivity index (χ1v) is 5.16. The molecule has 2 aliphatic rings. The van der Waals surface area contributed by atoms with Crippen molar-refractivity contribution < 1.29 is 9.47 Å². The highest BCUT2D eigenvalue weighted by Crippen LogP contribution is 2.50. The van der Waals surface area contributed by atoms with Gasteiger partial charge in [0, 0.05) is 5.56 Å². The van der Waals surface area contributed by atoms with Crippen LogP contribution in [0.1, 0.15) is 24.8 Å². The number of hydrogen-bond acceptors (Lipinski definition) is 3. The smallest absolute Gasteiger partial charge is 0.231 e. The fraction of sp³-hybridized carbons (Fsp3) is 0.417. The van der Waals surface area contributed by atoms with E-state index in [0.29, 0.717) is 0 Å². The summed E-state index contributed by atoms with van der Waals surface area (Å²) in [5, 5.41) is 9.27. The molecule has 1 fully saturated rings. The van der Waals surface area contributed by atoms with Gasteiger partial charge in [-0.25, -0.2) is 0 Å². The molecule has 1 aliphatic carbocycles. The maximum Gasteiger partial charge on any atom is 0.231 e. The van der Waals surface area contributed by atoms with Crippen LogP contribution in [-0.2, 0) is 5.41 Å². The largest absolute Gasteiger partial charge is 0.454 e. The van der Waals surface area contributed by atoms with Crippen molar-refractivity contribution in [1.29, 1.82) is 5.26 Å². The van der Waals surface area contributed by atoms with Crippen molar-refractivity contribution in [2.45, 2.75) is 24.7 Å². The average Bonchev–Trinajstić information content (AvgIpc) is 2.65. The molecule has 15 heavy (non-hydrogen) atoms. The van der Waals surface area contributed by atoms with Gasteiger partial charge in [0.1, 0.15) is 0 Å². The molecule has 0 unspecified atom stereocenters. The minimum absolute atomic E-state index is 0.272. The summed E-state index contributed by atoms with van der Waals surface area (Å²) in [4.78, 5) is 0. The third-order valence-corrected chi connectivity index (χ3v) is 3.33. The van der Waals surface area contributed by atoms with Gasteiger partial charge in [0.15, 0.2) is 11.5 Å². The van der Waals surface area contributed by atoms with Gasteiger partial charge in [0.25, 0.3) is 0 Å². The third kappa shape index (κ3) is 1.05. The molecule has 0 atom stereocenters. The summed E-state index contributed by atoms with van der Waals surface area (Å²) < 4.78 is 10.8. The van der Waals surface area contributed by atoms with Crippen LogP contribution in [-0.4, -0.2) is 6.79 Å². The van der Waals surface area contributed by atoms with Crippen LogP contribution in [0.15, 0.2) is 18.2 Å². The maximum atomic E-state index is 9.27. The first-order valence-electron chi connectivity index (χ1n) is 5.16. The molecule has 1 heterocycles. The lowest BCUT2D eigenvalue weighted by Crippen LogP contribution is -2.32. The standard InChI is InChI=1S/C12H11NO2/c13-7-12(5-2-6-12)9-3-1-4-10-11(9)15-8-14-10/h1,3-4H,2,5-6,8H2. The van der Waals surface area contributed by atoms with E-state index in [1.54, 1.807) is 0 Å². The average molecular weight is 201 g/mol. The van der Waals surface area contributed by atoms with Gasteiger partial charge in [-0.15, -0.1) is 0 Å². The van der Waals surface area contributed by atoms with Gasteiger partial charge in [-0.3, -0.25) is 0 Å². The molecule has 0 spiro atoms. The normalized spacial score (nSPS) is 20.5. The lowest BCUT2D eigenvalue weighted by molar-refractivity contribution is 0.171. The molecule has 1 aromatic carbocycles. The third-order valence-electron chi connectivity index (χ3n) is 3.33. The summed E-state index contributed by atoms with van der Waals surface area (Å²) in [6.45, 7) is 0.272. The Bertz CT molecular complexity index is 443. The van der Waals surface area contributed by atoms with Crippen molar-refractivity contribution in [3.63, 3.8) is 0 Å².